The number of aryl methyl sites for hydroxylation is 1. The Kier molecular flexibility index (Phi) is 6.14. The van der Waals surface area contributed by atoms with E-state index in [1.165, 1.54) is 11.1 Å². The third kappa shape index (κ3) is 4.54. The number of hydrogen-bond acceptors (Lipinski definition) is 4. The highest BCUT2D eigenvalue weighted by Gasteiger charge is 2.12. The molecule has 0 bridgehead atoms. The molecule has 0 aliphatic heterocycles. The molecule has 2 aromatic carbocycles. The topological polar surface area (TPSA) is 55.6 Å². The first-order valence-electron chi connectivity index (χ1n) is 10.1. The van der Waals surface area contributed by atoms with E-state index >= 15 is 0 Å². The van der Waals surface area contributed by atoms with Crippen LogP contribution in [0.5, 0.6) is 5.75 Å². The van der Waals surface area contributed by atoms with E-state index in [4.69, 9.17) is 9.72 Å². The van der Waals surface area contributed by atoms with Crippen molar-refractivity contribution in [2.75, 3.05) is 13.7 Å². The number of hydrogen-bond donors (Lipinski definition) is 1. The third-order valence-electron chi connectivity index (χ3n) is 5.18. The molecule has 1 N–H and O–H groups in total. The van der Waals surface area contributed by atoms with Crippen molar-refractivity contribution in [3.05, 3.63) is 76.9 Å². The summed E-state index contributed by atoms with van der Waals surface area (Å²) in [6, 6.07) is 16.4. The predicted molar refractivity (Wildman–Crippen MR) is 121 cm³/mol. The van der Waals surface area contributed by atoms with Crippen molar-refractivity contribution >= 4 is 22.2 Å². The summed E-state index contributed by atoms with van der Waals surface area (Å²) >= 11 is 1.56. The largest absolute Gasteiger partial charge is 0.497 e. The normalized spacial score (nSPS) is 11.0. The van der Waals surface area contributed by atoms with Crippen LogP contribution in [0.2, 0.25) is 0 Å². The maximum atomic E-state index is 12.4. The zero-order valence-corrected chi connectivity index (χ0v) is 18.0. The molecule has 0 saturated heterocycles. The summed E-state index contributed by atoms with van der Waals surface area (Å²) in [5.74, 6) is 0.857. The van der Waals surface area contributed by atoms with Crippen molar-refractivity contribution in [1.29, 1.82) is 0 Å². The molecule has 0 unspecified atom stereocenters. The van der Waals surface area contributed by atoms with Gasteiger partial charge in [0.2, 0.25) is 5.91 Å². The van der Waals surface area contributed by atoms with Gasteiger partial charge in [-0.3, -0.25) is 9.20 Å². The molecule has 0 spiro atoms. The van der Waals surface area contributed by atoms with Crippen LogP contribution in [0.15, 0.2) is 60.1 Å². The molecule has 0 aliphatic rings. The summed E-state index contributed by atoms with van der Waals surface area (Å²) in [5.41, 5.74) is 5.47. The SMILES string of the molecule is CCc1ccc(-c2cn3c(CC(=O)NCCc4ccc(OC)cc4)csc3n2)cc1. The second-order valence-electron chi connectivity index (χ2n) is 7.18. The van der Waals surface area contributed by atoms with Gasteiger partial charge in [0.25, 0.3) is 0 Å². The van der Waals surface area contributed by atoms with Gasteiger partial charge in [-0.1, -0.05) is 43.3 Å². The standard InChI is InChI=1S/C24H25N3O2S/c1-3-17-4-8-19(9-5-17)22-15-27-20(16-30-24(27)26-22)14-23(28)25-13-12-18-6-10-21(29-2)11-7-18/h4-11,15-16H,3,12-14H2,1-2H3,(H,25,28). The van der Waals surface area contributed by atoms with E-state index in [0.29, 0.717) is 13.0 Å². The van der Waals surface area contributed by atoms with E-state index in [9.17, 15) is 4.79 Å². The van der Waals surface area contributed by atoms with Crippen LogP contribution in [0.25, 0.3) is 16.2 Å². The number of aromatic nitrogens is 2. The summed E-state index contributed by atoms with van der Waals surface area (Å²) in [5, 5.41) is 5.02. The lowest BCUT2D eigenvalue weighted by atomic mass is 10.1. The Morgan fingerprint density at radius 1 is 1.10 bits per heavy atom. The molecular formula is C24H25N3O2S. The molecule has 4 aromatic rings. The van der Waals surface area contributed by atoms with Gasteiger partial charge in [-0.15, -0.1) is 11.3 Å². The number of imidazole rings is 1. The highest BCUT2D eigenvalue weighted by molar-refractivity contribution is 7.15. The van der Waals surface area contributed by atoms with E-state index in [-0.39, 0.29) is 5.91 Å². The number of methoxy groups -OCH3 is 1. The monoisotopic (exact) mass is 419 g/mol. The lowest BCUT2D eigenvalue weighted by Gasteiger charge is -2.06. The van der Waals surface area contributed by atoms with Gasteiger partial charge in [-0.25, -0.2) is 4.98 Å². The molecule has 6 heteroatoms. The smallest absolute Gasteiger partial charge is 0.225 e. The molecule has 5 nitrogen and oxygen atoms in total. The van der Waals surface area contributed by atoms with Crippen LogP contribution in [0.4, 0.5) is 0 Å². The highest BCUT2D eigenvalue weighted by atomic mass is 32.1. The lowest BCUT2D eigenvalue weighted by molar-refractivity contribution is -0.120. The maximum absolute atomic E-state index is 12.4. The van der Waals surface area contributed by atoms with Gasteiger partial charge in [0.15, 0.2) is 4.96 Å². The molecule has 0 atom stereocenters. The predicted octanol–water partition coefficient (Wildman–Crippen LogP) is 4.54. The molecule has 0 aliphatic carbocycles. The average molecular weight is 420 g/mol. The zero-order valence-electron chi connectivity index (χ0n) is 17.2. The summed E-state index contributed by atoms with van der Waals surface area (Å²) < 4.78 is 7.19. The van der Waals surface area contributed by atoms with E-state index in [1.807, 2.05) is 40.2 Å². The Balaban J connectivity index is 1.37. The maximum Gasteiger partial charge on any atom is 0.225 e. The number of nitrogens with zero attached hydrogens (tertiary/aromatic N) is 2. The minimum absolute atomic E-state index is 0.0192. The fourth-order valence-corrected chi connectivity index (χ4v) is 4.25. The number of benzene rings is 2. The quantitative estimate of drug-likeness (QED) is 0.456. The second kappa shape index (κ2) is 9.13. The minimum Gasteiger partial charge on any atom is -0.497 e. The Labute approximate surface area is 180 Å². The van der Waals surface area contributed by atoms with E-state index in [1.54, 1.807) is 18.4 Å². The van der Waals surface area contributed by atoms with Crippen molar-refractivity contribution in [1.82, 2.24) is 14.7 Å². The molecule has 2 aromatic heterocycles. The van der Waals surface area contributed by atoms with E-state index < -0.39 is 0 Å². The van der Waals surface area contributed by atoms with Gasteiger partial charge >= 0.3 is 0 Å². The summed E-state index contributed by atoms with van der Waals surface area (Å²) in [4.78, 5) is 18.1. The molecule has 0 saturated carbocycles. The van der Waals surface area contributed by atoms with Crippen LogP contribution in [0, 0.1) is 0 Å². The van der Waals surface area contributed by atoms with Crippen molar-refractivity contribution in [3.63, 3.8) is 0 Å². The highest BCUT2D eigenvalue weighted by Crippen LogP contribution is 2.24. The van der Waals surface area contributed by atoms with Gasteiger partial charge < -0.3 is 10.1 Å². The van der Waals surface area contributed by atoms with Crippen LogP contribution in [0.1, 0.15) is 23.7 Å². The van der Waals surface area contributed by atoms with Crippen LogP contribution < -0.4 is 10.1 Å². The number of fused-ring (bicyclic) bond motifs is 1. The first-order valence-corrected chi connectivity index (χ1v) is 11.0. The van der Waals surface area contributed by atoms with Crippen LogP contribution in [0.3, 0.4) is 0 Å². The van der Waals surface area contributed by atoms with Gasteiger partial charge in [0.05, 0.1) is 19.2 Å². The fourth-order valence-electron chi connectivity index (χ4n) is 3.37. The lowest BCUT2D eigenvalue weighted by Crippen LogP contribution is -2.27. The zero-order chi connectivity index (χ0) is 20.9. The van der Waals surface area contributed by atoms with Crippen LogP contribution >= 0.6 is 11.3 Å². The van der Waals surface area contributed by atoms with E-state index in [0.717, 1.165) is 40.5 Å². The Morgan fingerprint density at radius 2 is 1.83 bits per heavy atom. The molecule has 4 rings (SSSR count). The Hall–Kier alpha value is -3.12. The number of carbonyl (C=O) groups is 1. The first-order chi connectivity index (χ1) is 14.7. The number of rotatable bonds is 8. The second-order valence-corrected chi connectivity index (χ2v) is 8.02. The minimum atomic E-state index is 0.0192. The number of thiazole rings is 1. The summed E-state index contributed by atoms with van der Waals surface area (Å²) in [6.07, 6.45) is 4.17. The van der Waals surface area contributed by atoms with Crippen LogP contribution in [-0.4, -0.2) is 28.9 Å². The van der Waals surface area contributed by atoms with E-state index in [2.05, 4.69) is 36.5 Å². The molecule has 1 amide bonds. The molecular weight excluding hydrogens is 394 g/mol. The number of carbonyl (C=O) groups excluding carboxylic acids is 1. The Bertz CT molecular complexity index is 1130. The van der Waals surface area contributed by atoms with Gasteiger partial charge in [0.1, 0.15) is 5.75 Å². The van der Waals surface area contributed by atoms with Crippen molar-refractivity contribution in [3.8, 4) is 17.0 Å². The number of nitrogens with one attached hydrogen (secondary N) is 1. The van der Waals surface area contributed by atoms with Crippen LogP contribution in [-0.2, 0) is 24.1 Å². The average Bonchev–Trinajstić information content (AvgIpc) is 3.36. The van der Waals surface area contributed by atoms with Crippen molar-refractivity contribution in [2.45, 2.75) is 26.2 Å². The molecule has 2 heterocycles. The molecule has 154 valence electrons. The summed E-state index contributed by atoms with van der Waals surface area (Å²) in [6.45, 7) is 2.76. The van der Waals surface area contributed by atoms with Crippen molar-refractivity contribution in [2.24, 2.45) is 0 Å². The molecule has 0 radical (unpaired) electrons. The molecule has 0 fully saturated rings. The Morgan fingerprint density at radius 3 is 2.53 bits per heavy atom. The van der Waals surface area contributed by atoms with Crippen molar-refractivity contribution < 1.29 is 9.53 Å². The first kappa shape index (κ1) is 20.2. The third-order valence-corrected chi connectivity index (χ3v) is 6.07. The molecule has 30 heavy (non-hydrogen) atoms. The summed E-state index contributed by atoms with van der Waals surface area (Å²) in [7, 11) is 1.65. The van der Waals surface area contributed by atoms with Gasteiger partial charge in [-0.2, -0.15) is 0 Å². The number of amides is 1. The van der Waals surface area contributed by atoms with Gasteiger partial charge in [0, 0.05) is 29.4 Å². The van der Waals surface area contributed by atoms with Gasteiger partial charge in [-0.05, 0) is 36.1 Å². The fraction of sp³-hybridized carbons (Fsp3) is 0.250. The number of ether oxygens (including phenoxy) is 1.